The Bertz CT molecular complexity index is 1080. The number of rotatable bonds is 7. The molecule has 1 amide bonds. The van der Waals surface area contributed by atoms with Gasteiger partial charge in [0, 0.05) is 37.3 Å². The minimum absolute atomic E-state index is 0.0577. The molecule has 1 saturated heterocycles. The van der Waals surface area contributed by atoms with Crippen LogP contribution in [-0.4, -0.2) is 50.7 Å². The van der Waals surface area contributed by atoms with Gasteiger partial charge in [0.2, 0.25) is 5.95 Å². The molecule has 1 aliphatic rings. The van der Waals surface area contributed by atoms with E-state index in [2.05, 4.69) is 52.2 Å². The van der Waals surface area contributed by atoms with E-state index in [0.29, 0.717) is 36.9 Å². The number of nitrogens with zero attached hydrogens (tertiary/aromatic N) is 4. The summed E-state index contributed by atoms with van der Waals surface area (Å²) in [5.41, 5.74) is 10.0. The maximum atomic E-state index is 12.9. The second-order valence-electron chi connectivity index (χ2n) is 8.60. The SMILES string of the molecule is Cc1nc(N)ncc1C(=O)N1CC[C@H](c2cc(CCOc3ccc(C(C)C)cc3)[nH]n2)C1. The highest BCUT2D eigenvalue weighted by molar-refractivity contribution is 5.95. The van der Waals surface area contributed by atoms with Gasteiger partial charge >= 0.3 is 0 Å². The monoisotopic (exact) mass is 434 g/mol. The first-order chi connectivity index (χ1) is 15.4. The number of carbonyl (C=O) groups excluding carboxylic acids is 1. The number of likely N-dealkylation sites (tertiary alicyclic amines) is 1. The van der Waals surface area contributed by atoms with Gasteiger partial charge in [-0.15, -0.1) is 0 Å². The van der Waals surface area contributed by atoms with Crippen molar-refractivity contribution in [1.82, 2.24) is 25.1 Å². The highest BCUT2D eigenvalue weighted by Gasteiger charge is 2.30. The van der Waals surface area contributed by atoms with Crippen LogP contribution in [0.15, 0.2) is 36.5 Å². The van der Waals surface area contributed by atoms with Crippen LogP contribution in [0.25, 0.3) is 0 Å². The normalized spacial score (nSPS) is 16.0. The number of ether oxygens (including phenoxy) is 1. The van der Waals surface area contributed by atoms with Crippen LogP contribution in [0.5, 0.6) is 5.75 Å². The third-order valence-corrected chi connectivity index (χ3v) is 5.96. The summed E-state index contributed by atoms with van der Waals surface area (Å²) >= 11 is 0. The largest absolute Gasteiger partial charge is 0.493 e. The van der Waals surface area contributed by atoms with Crippen LogP contribution >= 0.6 is 0 Å². The van der Waals surface area contributed by atoms with E-state index in [1.54, 1.807) is 6.92 Å². The zero-order chi connectivity index (χ0) is 22.7. The number of nitrogen functional groups attached to an aromatic ring is 1. The number of hydrogen-bond donors (Lipinski definition) is 2. The molecule has 3 aromatic rings. The highest BCUT2D eigenvalue weighted by Crippen LogP contribution is 2.28. The van der Waals surface area contributed by atoms with E-state index in [1.807, 2.05) is 17.0 Å². The molecule has 8 nitrogen and oxygen atoms in total. The number of benzene rings is 1. The Hall–Kier alpha value is -3.42. The molecule has 4 rings (SSSR count). The first-order valence-electron chi connectivity index (χ1n) is 11.1. The van der Waals surface area contributed by atoms with E-state index in [9.17, 15) is 4.79 Å². The molecular formula is C24H30N6O2. The van der Waals surface area contributed by atoms with E-state index < -0.39 is 0 Å². The third-order valence-electron chi connectivity index (χ3n) is 5.96. The fourth-order valence-electron chi connectivity index (χ4n) is 4.00. The Labute approximate surface area is 188 Å². The number of nitrogens with two attached hydrogens (primary N) is 1. The number of anilines is 1. The highest BCUT2D eigenvalue weighted by atomic mass is 16.5. The van der Waals surface area contributed by atoms with Crippen molar-refractivity contribution in [3.63, 3.8) is 0 Å². The van der Waals surface area contributed by atoms with Crippen LogP contribution in [0, 0.1) is 6.92 Å². The molecule has 3 heterocycles. The molecule has 0 radical (unpaired) electrons. The number of aromatic amines is 1. The fraction of sp³-hybridized carbons (Fsp3) is 0.417. The van der Waals surface area contributed by atoms with Crippen LogP contribution < -0.4 is 10.5 Å². The van der Waals surface area contributed by atoms with Crippen molar-refractivity contribution >= 4 is 11.9 Å². The molecule has 1 aromatic carbocycles. The van der Waals surface area contributed by atoms with E-state index >= 15 is 0 Å². The van der Waals surface area contributed by atoms with Crippen LogP contribution in [0.2, 0.25) is 0 Å². The number of aryl methyl sites for hydroxylation is 1. The molecule has 0 aliphatic carbocycles. The van der Waals surface area contributed by atoms with Gasteiger partial charge in [-0.1, -0.05) is 26.0 Å². The molecule has 1 aliphatic heterocycles. The van der Waals surface area contributed by atoms with Crippen LogP contribution in [0.1, 0.15) is 65.1 Å². The average molecular weight is 435 g/mol. The summed E-state index contributed by atoms with van der Waals surface area (Å²) in [4.78, 5) is 22.8. The Balaban J connectivity index is 1.29. The molecule has 1 atom stereocenters. The fourth-order valence-corrected chi connectivity index (χ4v) is 4.00. The first kappa shape index (κ1) is 21.8. The first-order valence-corrected chi connectivity index (χ1v) is 11.1. The lowest BCUT2D eigenvalue weighted by atomic mass is 10.0. The van der Waals surface area contributed by atoms with Crippen molar-refractivity contribution in [3.05, 3.63) is 64.7 Å². The molecule has 0 unspecified atom stereocenters. The Morgan fingerprint density at radius 2 is 2.09 bits per heavy atom. The lowest BCUT2D eigenvalue weighted by Gasteiger charge is -2.17. The van der Waals surface area contributed by atoms with Gasteiger partial charge in [0.15, 0.2) is 0 Å². The second kappa shape index (κ2) is 9.38. The number of amides is 1. The maximum Gasteiger partial charge on any atom is 0.257 e. The van der Waals surface area contributed by atoms with E-state index in [4.69, 9.17) is 10.5 Å². The number of carbonyl (C=O) groups is 1. The zero-order valence-corrected chi connectivity index (χ0v) is 18.8. The lowest BCUT2D eigenvalue weighted by Crippen LogP contribution is -2.29. The topological polar surface area (TPSA) is 110 Å². The summed E-state index contributed by atoms with van der Waals surface area (Å²) in [6.07, 6.45) is 3.14. The van der Waals surface area contributed by atoms with E-state index in [1.165, 1.54) is 11.8 Å². The summed E-state index contributed by atoms with van der Waals surface area (Å²) in [6.45, 7) is 8.03. The Morgan fingerprint density at radius 3 is 2.81 bits per heavy atom. The summed E-state index contributed by atoms with van der Waals surface area (Å²) in [5.74, 6) is 1.72. The maximum absolute atomic E-state index is 12.9. The molecule has 8 heteroatoms. The summed E-state index contributed by atoms with van der Waals surface area (Å²) in [7, 11) is 0. The van der Waals surface area contributed by atoms with E-state index in [0.717, 1.165) is 30.0 Å². The van der Waals surface area contributed by atoms with Crippen molar-refractivity contribution in [1.29, 1.82) is 0 Å². The summed E-state index contributed by atoms with van der Waals surface area (Å²) < 4.78 is 5.88. The number of aromatic nitrogens is 4. The van der Waals surface area contributed by atoms with Crippen molar-refractivity contribution in [3.8, 4) is 5.75 Å². The number of H-pyrrole nitrogens is 1. The Kier molecular flexibility index (Phi) is 6.39. The number of nitrogens with one attached hydrogen (secondary N) is 1. The molecule has 168 valence electrons. The van der Waals surface area contributed by atoms with Crippen LogP contribution in [-0.2, 0) is 6.42 Å². The standard InChI is InChI=1S/C24H30N6O2/c1-15(2)17-4-6-20(7-5-17)32-11-9-19-12-22(29-28-19)18-8-10-30(14-18)23(31)21-13-26-24(25)27-16(21)3/h4-7,12-13,15,18H,8-11,14H2,1-3H3,(H,28,29)(H2,25,26,27)/t18-/m0/s1. The van der Waals surface area contributed by atoms with Crippen LogP contribution in [0.3, 0.4) is 0 Å². The average Bonchev–Trinajstić information content (AvgIpc) is 3.43. The third kappa shape index (κ3) is 4.90. The zero-order valence-electron chi connectivity index (χ0n) is 18.8. The van der Waals surface area contributed by atoms with E-state index in [-0.39, 0.29) is 17.8 Å². The van der Waals surface area contributed by atoms with Gasteiger partial charge in [-0.2, -0.15) is 5.10 Å². The van der Waals surface area contributed by atoms with Crippen molar-refractivity contribution in [2.45, 2.75) is 45.4 Å². The van der Waals surface area contributed by atoms with Crippen LogP contribution in [0.4, 0.5) is 5.95 Å². The van der Waals surface area contributed by atoms with Crippen molar-refractivity contribution in [2.24, 2.45) is 0 Å². The second-order valence-corrected chi connectivity index (χ2v) is 8.60. The van der Waals surface area contributed by atoms with Gasteiger partial charge in [0.25, 0.3) is 5.91 Å². The predicted molar refractivity (Wildman–Crippen MR) is 123 cm³/mol. The Morgan fingerprint density at radius 1 is 1.31 bits per heavy atom. The molecule has 0 spiro atoms. The molecular weight excluding hydrogens is 404 g/mol. The quantitative estimate of drug-likeness (QED) is 0.589. The van der Waals surface area contributed by atoms with Crippen molar-refractivity contribution in [2.75, 3.05) is 25.4 Å². The van der Waals surface area contributed by atoms with Gasteiger partial charge in [-0.25, -0.2) is 9.97 Å². The molecule has 0 bridgehead atoms. The van der Waals surface area contributed by atoms with Gasteiger partial charge in [0.05, 0.1) is 23.6 Å². The predicted octanol–water partition coefficient (Wildman–Crippen LogP) is 3.46. The minimum Gasteiger partial charge on any atom is -0.493 e. The molecule has 1 fully saturated rings. The van der Waals surface area contributed by atoms with Gasteiger partial charge in [-0.05, 0) is 43.0 Å². The minimum atomic E-state index is -0.0577. The summed E-state index contributed by atoms with van der Waals surface area (Å²) in [5, 5.41) is 7.61. The van der Waals surface area contributed by atoms with Gasteiger partial charge in [0.1, 0.15) is 5.75 Å². The van der Waals surface area contributed by atoms with Gasteiger partial charge < -0.3 is 15.4 Å². The smallest absolute Gasteiger partial charge is 0.257 e. The lowest BCUT2D eigenvalue weighted by molar-refractivity contribution is 0.0789. The van der Waals surface area contributed by atoms with Crippen molar-refractivity contribution < 1.29 is 9.53 Å². The van der Waals surface area contributed by atoms with Gasteiger partial charge in [-0.3, -0.25) is 9.89 Å². The molecule has 3 N–H and O–H groups in total. The molecule has 2 aromatic heterocycles. The molecule has 0 saturated carbocycles. The number of hydrogen-bond acceptors (Lipinski definition) is 6. The molecule has 32 heavy (non-hydrogen) atoms. The summed E-state index contributed by atoms with van der Waals surface area (Å²) in [6, 6.07) is 10.3.